The number of cyclic esters (lactones) is 1. The number of nitrogens with one attached hydrogen (secondary N) is 1. The number of ether oxygens (including phenoxy) is 1. The molecule has 4 fully saturated rings. The summed E-state index contributed by atoms with van der Waals surface area (Å²) in [5.41, 5.74) is 0.149. The Morgan fingerprint density at radius 2 is 1.85 bits per heavy atom. The summed E-state index contributed by atoms with van der Waals surface area (Å²) in [6, 6.07) is 6.23. The number of para-hydroxylation sites is 1. The molecule has 210 valence electrons. The number of aliphatic hydroxyl groups is 3. The molecule has 1 aromatic carbocycles. The van der Waals surface area contributed by atoms with Crippen molar-refractivity contribution in [3.63, 3.8) is 0 Å². The summed E-state index contributed by atoms with van der Waals surface area (Å²) in [7, 11) is 0. The van der Waals surface area contributed by atoms with Crippen LogP contribution in [0.15, 0.2) is 41.0 Å². The highest BCUT2D eigenvalue weighted by Crippen LogP contribution is 2.70. The molecule has 1 aromatic rings. The van der Waals surface area contributed by atoms with Crippen molar-refractivity contribution >= 4 is 18.1 Å². The van der Waals surface area contributed by atoms with Crippen molar-refractivity contribution in [1.82, 2.24) is 5.43 Å². The molecule has 6 rings (SSSR count). The van der Waals surface area contributed by atoms with Crippen LogP contribution in [0.3, 0.4) is 0 Å². The van der Waals surface area contributed by atoms with Crippen molar-refractivity contribution in [3.05, 3.63) is 41.5 Å². The Morgan fingerprint density at radius 1 is 1.08 bits per heavy atom. The van der Waals surface area contributed by atoms with E-state index in [0.717, 1.165) is 24.8 Å². The number of hydrogen-bond acceptors (Lipinski definition) is 8. The van der Waals surface area contributed by atoms with Crippen LogP contribution in [-0.4, -0.2) is 62.4 Å². The van der Waals surface area contributed by atoms with Crippen LogP contribution in [0.2, 0.25) is 0 Å². The van der Waals surface area contributed by atoms with Gasteiger partial charge in [0.15, 0.2) is 0 Å². The Kier molecular flexibility index (Phi) is 6.21. The molecule has 1 aliphatic heterocycles. The van der Waals surface area contributed by atoms with Crippen molar-refractivity contribution in [2.45, 2.75) is 82.0 Å². The first kappa shape index (κ1) is 26.5. The molecule has 0 saturated heterocycles. The maximum Gasteiger partial charge on any atom is 0.331 e. The van der Waals surface area contributed by atoms with Crippen LogP contribution in [0.25, 0.3) is 0 Å². The van der Waals surface area contributed by atoms with E-state index in [9.17, 15) is 30.0 Å². The smallest absolute Gasteiger partial charge is 0.331 e. The summed E-state index contributed by atoms with van der Waals surface area (Å²) >= 11 is 0. The van der Waals surface area contributed by atoms with Crippen molar-refractivity contribution in [2.75, 3.05) is 6.61 Å². The van der Waals surface area contributed by atoms with Crippen molar-refractivity contribution in [1.29, 1.82) is 0 Å². The van der Waals surface area contributed by atoms with Gasteiger partial charge in [0, 0.05) is 29.5 Å². The third-order valence-electron chi connectivity index (χ3n) is 11.2. The van der Waals surface area contributed by atoms with Gasteiger partial charge >= 0.3 is 5.97 Å². The van der Waals surface area contributed by atoms with Gasteiger partial charge in [-0.05, 0) is 86.8 Å². The van der Waals surface area contributed by atoms with E-state index in [-0.39, 0.29) is 48.1 Å². The van der Waals surface area contributed by atoms with Gasteiger partial charge < -0.3 is 25.2 Å². The summed E-state index contributed by atoms with van der Waals surface area (Å²) in [5.74, 6) is -1.15. The molecule has 1 amide bonds. The second-order valence-electron chi connectivity index (χ2n) is 12.7. The fraction of sp³-hybridized carbons (Fsp3) is 0.633. The maximum atomic E-state index is 12.7. The molecule has 0 spiro atoms. The van der Waals surface area contributed by atoms with Crippen molar-refractivity contribution < 1.29 is 34.8 Å². The minimum Gasteiger partial charge on any atom is -0.507 e. The number of hydrazone groups is 1. The molecule has 9 heteroatoms. The summed E-state index contributed by atoms with van der Waals surface area (Å²) in [6.07, 6.45) is 7.75. The normalized spacial score (nSPS) is 43.3. The maximum absolute atomic E-state index is 12.7. The molecular formula is C30H38N2O7. The molecule has 39 heavy (non-hydrogen) atoms. The lowest BCUT2D eigenvalue weighted by Gasteiger charge is -2.65. The van der Waals surface area contributed by atoms with E-state index in [2.05, 4.69) is 17.5 Å². The lowest BCUT2D eigenvalue weighted by Crippen LogP contribution is -2.68. The number of nitrogens with zero attached hydrogens (tertiary/aromatic N) is 1. The highest BCUT2D eigenvalue weighted by atomic mass is 16.5. The van der Waals surface area contributed by atoms with Gasteiger partial charge in [-0.25, -0.2) is 10.2 Å². The SMILES string of the molecule is C[C@]12CC[C@H]3[C@@H](CC[C@]4(O)C[C@H](O)CC[C@]34/C=N\NC(=O)c3ccccc3O)[C@]1(O)CC[C@H]2C1=CC(=O)OC1. The zero-order chi connectivity index (χ0) is 27.6. The van der Waals surface area contributed by atoms with Crippen LogP contribution >= 0.6 is 0 Å². The Labute approximate surface area is 228 Å². The number of aromatic hydroxyl groups is 1. The van der Waals surface area contributed by atoms with Crippen molar-refractivity contribution in [3.8, 4) is 5.75 Å². The van der Waals surface area contributed by atoms with Crippen LogP contribution in [0.1, 0.15) is 75.1 Å². The average molecular weight is 539 g/mol. The Hall–Kier alpha value is -2.75. The minimum atomic E-state index is -1.22. The molecule has 0 radical (unpaired) electrons. The number of hydrogen-bond donors (Lipinski definition) is 5. The molecule has 0 bridgehead atoms. The number of amides is 1. The number of carbonyl (C=O) groups is 2. The van der Waals surface area contributed by atoms with Gasteiger partial charge in [-0.2, -0.15) is 5.10 Å². The van der Waals surface area contributed by atoms with Gasteiger partial charge in [-0.1, -0.05) is 19.1 Å². The number of carbonyl (C=O) groups excluding carboxylic acids is 2. The summed E-state index contributed by atoms with van der Waals surface area (Å²) < 4.78 is 5.22. The molecule has 1 heterocycles. The Bertz CT molecular complexity index is 1250. The number of rotatable bonds is 4. The van der Waals surface area contributed by atoms with E-state index >= 15 is 0 Å². The highest BCUT2D eigenvalue weighted by Gasteiger charge is 2.71. The molecular weight excluding hydrogens is 500 g/mol. The second kappa shape index (κ2) is 9.14. The van der Waals surface area contributed by atoms with Crippen molar-refractivity contribution in [2.24, 2.45) is 33.7 Å². The first-order valence-corrected chi connectivity index (χ1v) is 14.2. The Balaban J connectivity index is 1.33. The fourth-order valence-electron chi connectivity index (χ4n) is 9.29. The predicted octanol–water partition coefficient (Wildman–Crippen LogP) is 2.82. The number of benzene rings is 1. The molecule has 5 N–H and O–H groups in total. The zero-order valence-corrected chi connectivity index (χ0v) is 22.3. The number of esters is 1. The van der Waals surface area contributed by atoms with E-state index in [1.165, 1.54) is 12.1 Å². The molecule has 9 nitrogen and oxygen atoms in total. The van der Waals surface area contributed by atoms with E-state index < -0.39 is 34.0 Å². The molecule has 8 atom stereocenters. The highest BCUT2D eigenvalue weighted by molar-refractivity contribution is 5.97. The summed E-state index contributed by atoms with van der Waals surface area (Å²) in [5, 5.41) is 49.5. The second-order valence-corrected chi connectivity index (χ2v) is 12.7. The first-order chi connectivity index (χ1) is 18.5. The van der Waals surface area contributed by atoms with Gasteiger partial charge in [0.05, 0.1) is 22.9 Å². The molecule has 4 aliphatic carbocycles. The van der Waals surface area contributed by atoms with E-state index in [0.29, 0.717) is 32.1 Å². The van der Waals surface area contributed by atoms with Crippen LogP contribution in [0.5, 0.6) is 5.75 Å². The third-order valence-corrected chi connectivity index (χ3v) is 11.2. The molecule has 0 unspecified atom stereocenters. The van der Waals surface area contributed by atoms with Crippen LogP contribution in [0, 0.1) is 28.6 Å². The van der Waals surface area contributed by atoms with Crippen LogP contribution < -0.4 is 5.43 Å². The number of phenols is 1. The number of aliphatic hydroxyl groups excluding tert-OH is 1. The Morgan fingerprint density at radius 3 is 2.59 bits per heavy atom. The van der Waals surface area contributed by atoms with Gasteiger partial charge in [0.2, 0.25) is 0 Å². The first-order valence-electron chi connectivity index (χ1n) is 14.2. The van der Waals surface area contributed by atoms with Crippen LogP contribution in [0.4, 0.5) is 0 Å². The van der Waals surface area contributed by atoms with E-state index in [1.807, 2.05) is 0 Å². The predicted molar refractivity (Wildman–Crippen MR) is 142 cm³/mol. The fourth-order valence-corrected chi connectivity index (χ4v) is 9.29. The zero-order valence-electron chi connectivity index (χ0n) is 22.3. The van der Waals surface area contributed by atoms with Gasteiger partial charge in [-0.3, -0.25) is 4.79 Å². The molecule has 0 aromatic heterocycles. The van der Waals surface area contributed by atoms with Gasteiger partial charge in [0.25, 0.3) is 5.91 Å². The van der Waals surface area contributed by atoms with Gasteiger partial charge in [-0.15, -0.1) is 0 Å². The lowest BCUT2D eigenvalue weighted by molar-refractivity contribution is -0.237. The van der Waals surface area contributed by atoms with Gasteiger partial charge in [0.1, 0.15) is 12.4 Å². The number of phenolic OH excluding ortho intramolecular Hbond substituents is 1. The topological polar surface area (TPSA) is 149 Å². The van der Waals surface area contributed by atoms with E-state index in [4.69, 9.17) is 4.74 Å². The molecule has 4 saturated carbocycles. The average Bonchev–Trinajstić information content (AvgIpc) is 3.44. The standard InChI is InChI=1S/C30H38N2O7/c1-27-10-7-22-23(30(27,38)13-9-21(27)18-14-25(35)39-16-18)8-12-29(37)15-19(33)6-11-28(22,29)17-31-32-26(36)20-4-2-3-5-24(20)34/h2-5,14,17,19,21-23,33-34,37-38H,6-13,15-16H2,1H3,(H,32,36)/b31-17-/t19-,21+,22+,23-,27-,28+,29+,30-/m1/s1. The molecule has 5 aliphatic rings. The lowest BCUT2D eigenvalue weighted by atomic mass is 9.41. The van der Waals surface area contributed by atoms with Crippen LogP contribution in [-0.2, 0) is 9.53 Å². The minimum absolute atomic E-state index is 0.0614. The van der Waals surface area contributed by atoms with E-state index in [1.54, 1.807) is 24.4 Å². The third kappa shape index (κ3) is 3.80. The number of fused-ring (bicyclic) bond motifs is 5. The monoisotopic (exact) mass is 538 g/mol. The largest absolute Gasteiger partial charge is 0.507 e. The quantitative estimate of drug-likeness (QED) is 0.225. The summed E-state index contributed by atoms with van der Waals surface area (Å²) in [4.78, 5) is 24.6. The summed E-state index contributed by atoms with van der Waals surface area (Å²) in [6.45, 7) is 2.43.